The lowest BCUT2D eigenvalue weighted by atomic mass is 10.2. The summed E-state index contributed by atoms with van der Waals surface area (Å²) < 4.78 is 5.61. The number of ether oxygens (including phenoxy) is 1. The molecule has 0 atom stereocenters. The summed E-state index contributed by atoms with van der Waals surface area (Å²) in [4.78, 5) is 3.14. The van der Waals surface area contributed by atoms with Gasteiger partial charge in [-0.05, 0) is 30.7 Å². The number of aryl methyl sites for hydroxylation is 1. The number of hydrogen-bond acceptors (Lipinski definition) is 1. The molecule has 1 aromatic carbocycles. The van der Waals surface area contributed by atoms with Crippen LogP contribution in [0.5, 0.6) is 5.75 Å². The Balaban J connectivity index is 1.90. The first-order chi connectivity index (χ1) is 8.16. The Morgan fingerprint density at radius 2 is 2.00 bits per heavy atom. The average Bonchev–Trinajstić information content (AvgIpc) is 2.70. The van der Waals surface area contributed by atoms with Crippen molar-refractivity contribution in [2.75, 3.05) is 6.61 Å². The Hall–Kier alpha value is -1.12. The van der Waals surface area contributed by atoms with Crippen molar-refractivity contribution < 1.29 is 4.74 Å². The summed E-state index contributed by atoms with van der Waals surface area (Å²) in [5.74, 6) is 0.743. The van der Waals surface area contributed by atoms with Crippen molar-refractivity contribution in [3.05, 3.63) is 51.8 Å². The molecule has 2 nitrogen and oxygen atoms in total. The number of aromatic amines is 1. The van der Waals surface area contributed by atoms with Crippen LogP contribution in [0.25, 0.3) is 0 Å². The van der Waals surface area contributed by atoms with E-state index in [9.17, 15) is 0 Å². The van der Waals surface area contributed by atoms with Crippen molar-refractivity contribution in [1.29, 1.82) is 0 Å². The predicted octanol–water partition coefficient (Wildman–Crippen LogP) is 4.25. The number of H-pyrrole nitrogens is 1. The lowest BCUT2D eigenvalue weighted by Gasteiger charge is -2.07. The zero-order chi connectivity index (χ0) is 12.3. The van der Waals surface area contributed by atoms with Gasteiger partial charge in [0.15, 0.2) is 0 Å². The van der Waals surface area contributed by atoms with Crippen molar-refractivity contribution in [3.63, 3.8) is 0 Å². The van der Waals surface area contributed by atoms with Crippen LogP contribution in [0.3, 0.4) is 0 Å². The van der Waals surface area contributed by atoms with Gasteiger partial charge in [-0.2, -0.15) is 0 Å². The van der Waals surface area contributed by atoms with Crippen LogP contribution in [0, 0.1) is 6.92 Å². The molecular formula is C13H13Cl2NO. The minimum atomic E-state index is 0.516. The Kier molecular flexibility index (Phi) is 3.97. The second-order valence-corrected chi connectivity index (χ2v) is 4.62. The fourth-order valence-corrected chi connectivity index (χ4v) is 1.89. The van der Waals surface area contributed by atoms with Crippen molar-refractivity contribution in [1.82, 2.24) is 4.98 Å². The zero-order valence-corrected chi connectivity index (χ0v) is 11.0. The van der Waals surface area contributed by atoms with Crippen LogP contribution in [-0.2, 0) is 6.42 Å². The van der Waals surface area contributed by atoms with E-state index in [1.807, 2.05) is 12.3 Å². The molecule has 4 heteroatoms. The highest BCUT2D eigenvalue weighted by Gasteiger charge is 2.02. The van der Waals surface area contributed by atoms with Crippen LogP contribution in [0.15, 0.2) is 30.5 Å². The molecule has 2 rings (SSSR count). The van der Waals surface area contributed by atoms with E-state index in [-0.39, 0.29) is 0 Å². The topological polar surface area (TPSA) is 25.0 Å². The third-order valence-electron chi connectivity index (χ3n) is 2.60. The van der Waals surface area contributed by atoms with Gasteiger partial charge in [0.1, 0.15) is 5.75 Å². The molecular weight excluding hydrogens is 257 g/mol. The lowest BCUT2D eigenvalue weighted by molar-refractivity contribution is 0.322. The molecule has 0 aliphatic heterocycles. The zero-order valence-electron chi connectivity index (χ0n) is 9.47. The van der Waals surface area contributed by atoms with E-state index in [1.165, 1.54) is 11.3 Å². The predicted molar refractivity (Wildman–Crippen MR) is 71.2 cm³/mol. The standard InChI is InChI=1S/C13H13Cl2NO/c1-9-10(4-6-16-9)5-7-17-11-2-3-12(14)13(15)8-11/h2-4,6,8,16H,5,7H2,1H3. The van der Waals surface area contributed by atoms with Gasteiger partial charge in [0, 0.05) is 24.4 Å². The Morgan fingerprint density at radius 1 is 1.18 bits per heavy atom. The third kappa shape index (κ3) is 3.18. The van der Waals surface area contributed by atoms with E-state index in [2.05, 4.69) is 18.0 Å². The molecule has 0 saturated carbocycles. The van der Waals surface area contributed by atoms with Crippen LogP contribution in [0.2, 0.25) is 10.0 Å². The summed E-state index contributed by atoms with van der Waals surface area (Å²) in [6.07, 6.45) is 2.80. The number of hydrogen-bond donors (Lipinski definition) is 1. The van der Waals surface area contributed by atoms with Gasteiger partial charge in [0.25, 0.3) is 0 Å². The van der Waals surface area contributed by atoms with Gasteiger partial charge in [0.2, 0.25) is 0 Å². The van der Waals surface area contributed by atoms with Gasteiger partial charge in [-0.15, -0.1) is 0 Å². The molecule has 0 unspecified atom stereocenters. The molecule has 0 aliphatic carbocycles. The molecule has 0 spiro atoms. The monoisotopic (exact) mass is 269 g/mol. The normalized spacial score (nSPS) is 10.5. The quantitative estimate of drug-likeness (QED) is 0.882. The van der Waals surface area contributed by atoms with E-state index in [0.717, 1.165) is 12.2 Å². The molecule has 0 fully saturated rings. The molecule has 0 radical (unpaired) electrons. The summed E-state index contributed by atoms with van der Waals surface area (Å²) >= 11 is 11.7. The summed E-state index contributed by atoms with van der Waals surface area (Å²) in [6.45, 7) is 2.67. The maximum Gasteiger partial charge on any atom is 0.120 e. The van der Waals surface area contributed by atoms with Gasteiger partial charge in [-0.3, -0.25) is 0 Å². The second-order valence-electron chi connectivity index (χ2n) is 3.80. The number of aromatic nitrogens is 1. The minimum Gasteiger partial charge on any atom is -0.493 e. The molecule has 1 heterocycles. The summed E-state index contributed by atoms with van der Waals surface area (Å²) in [5, 5.41) is 1.06. The van der Waals surface area contributed by atoms with E-state index >= 15 is 0 Å². The molecule has 17 heavy (non-hydrogen) atoms. The lowest BCUT2D eigenvalue weighted by Crippen LogP contribution is -2.01. The molecule has 0 saturated heterocycles. The van der Waals surface area contributed by atoms with Crippen molar-refractivity contribution in [2.45, 2.75) is 13.3 Å². The van der Waals surface area contributed by atoms with Crippen molar-refractivity contribution in [3.8, 4) is 5.75 Å². The smallest absolute Gasteiger partial charge is 0.120 e. The number of rotatable bonds is 4. The summed E-state index contributed by atoms with van der Waals surface area (Å²) in [7, 11) is 0. The highest BCUT2D eigenvalue weighted by molar-refractivity contribution is 6.42. The Labute approximate surface area is 111 Å². The van der Waals surface area contributed by atoms with Crippen molar-refractivity contribution in [2.24, 2.45) is 0 Å². The van der Waals surface area contributed by atoms with Crippen LogP contribution in [0.4, 0.5) is 0 Å². The first-order valence-corrected chi connectivity index (χ1v) is 6.13. The van der Waals surface area contributed by atoms with Crippen LogP contribution < -0.4 is 4.74 Å². The van der Waals surface area contributed by atoms with Gasteiger partial charge >= 0.3 is 0 Å². The largest absolute Gasteiger partial charge is 0.493 e. The third-order valence-corrected chi connectivity index (χ3v) is 3.34. The van der Waals surface area contributed by atoms with E-state index < -0.39 is 0 Å². The SMILES string of the molecule is Cc1[nH]ccc1CCOc1ccc(Cl)c(Cl)c1. The number of benzene rings is 1. The Morgan fingerprint density at radius 3 is 2.65 bits per heavy atom. The average molecular weight is 270 g/mol. The van der Waals surface area contributed by atoms with Crippen LogP contribution in [0.1, 0.15) is 11.3 Å². The van der Waals surface area contributed by atoms with E-state index in [0.29, 0.717) is 16.7 Å². The van der Waals surface area contributed by atoms with Gasteiger partial charge in [0.05, 0.1) is 16.7 Å². The molecule has 90 valence electrons. The molecule has 0 amide bonds. The first-order valence-electron chi connectivity index (χ1n) is 5.37. The molecule has 2 aromatic rings. The number of halogens is 2. The number of nitrogens with one attached hydrogen (secondary N) is 1. The highest BCUT2D eigenvalue weighted by Crippen LogP contribution is 2.26. The molecule has 1 aromatic heterocycles. The fourth-order valence-electron chi connectivity index (χ4n) is 1.60. The minimum absolute atomic E-state index is 0.516. The maximum atomic E-state index is 5.90. The summed E-state index contributed by atoms with van der Waals surface area (Å²) in [5.41, 5.74) is 2.45. The highest BCUT2D eigenvalue weighted by atomic mass is 35.5. The maximum absolute atomic E-state index is 5.90. The molecule has 0 bridgehead atoms. The fraction of sp³-hybridized carbons (Fsp3) is 0.231. The van der Waals surface area contributed by atoms with E-state index in [1.54, 1.807) is 12.1 Å². The van der Waals surface area contributed by atoms with Gasteiger partial charge < -0.3 is 9.72 Å². The van der Waals surface area contributed by atoms with Gasteiger partial charge in [-0.1, -0.05) is 23.2 Å². The van der Waals surface area contributed by atoms with Crippen LogP contribution >= 0.6 is 23.2 Å². The van der Waals surface area contributed by atoms with Gasteiger partial charge in [-0.25, -0.2) is 0 Å². The first kappa shape index (κ1) is 12.3. The molecule has 0 aliphatic rings. The van der Waals surface area contributed by atoms with E-state index in [4.69, 9.17) is 27.9 Å². The second kappa shape index (κ2) is 5.48. The summed E-state index contributed by atoms with van der Waals surface area (Å²) in [6, 6.07) is 7.35. The molecule has 1 N–H and O–H groups in total. The Bertz CT molecular complexity index is 508. The van der Waals surface area contributed by atoms with Crippen LogP contribution in [-0.4, -0.2) is 11.6 Å². The van der Waals surface area contributed by atoms with Crippen molar-refractivity contribution >= 4 is 23.2 Å².